The maximum absolute atomic E-state index is 9.85. The van der Waals surface area contributed by atoms with E-state index in [1.54, 1.807) is 0 Å². The van der Waals surface area contributed by atoms with Gasteiger partial charge in [-0.05, 0) is 19.8 Å². The van der Waals surface area contributed by atoms with Crippen LogP contribution in [0.5, 0.6) is 0 Å². The summed E-state index contributed by atoms with van der Waals surface area (Å²) in [6.45, 7) is 2.94. The lowest BCUT2D eigenvalue weighted by Crippen LogP contribution is -2.22. The Hall–Kier alpha value is -0.940. The molecular formula is C11H18N2O3. The zero-order valence-corrected chi connectivity index (χ0v) is 9.56. The highest BCUT2D eigenvalue weighted by Gasteiger charge is 2.29. The Kier molecular flexibility index (Phi) is 3.90. The van der Waals surface area contributed by atoms with Crippen molar-refractivity contribution in [2.75, 3.05) is 6.61 Å². The average Bonchev–Trinajstić information content (AvgIpc) is 2.75. The summed E-state index contributed by atoms with van der Waals surface area (Å²) < 4.78 is 10.4. The maximum Gasteiger partial charge on any atom is 0.232 e. The first-order valence-corrected chi connectivity index (χ1v) is 5.89. The molecule has 2 rings (SSSR count). The lowest BCUT2D eigenvalue weighted by atomic mass is 9.86. The van der Waals surface area contributed by atoms with Crippen molar-refractivity contribution >= 4 is 0 Å². The van der Waals surface area contributed by atoms with Crippen molar-refractivity contribution in [2.24, 2.45) is 0 Å². The minimum absolute atomic E-state index is 0.0108. The van der Waals surface area contributed by atoms with Gasteiger partial charge >= 0.3 is 0 Å². The summed E-state index contributed by atoms with van der Waals surface area (Å²) >= 11 is 0. The van der Waals surface area contributed by atoms with Crippen LogP contribution < -0.4 is 0 Å². The van der Waals surface area contributed by atoms with Gasteiger partial charge in [-0.3, -0.25) is 0 Å². The van der Waals surface area contributed by atoms with E-state index in [4.69, 9.17) is 9.26 Å². The molecule has 90 valence electrons. The van der Waals surface area contributed by atoms with Crippen LogP contribution in [0.2, 0.25) is 0 Å². The van der Waals surface area contributed by atoms with E-state index in [9.17, 15) is 5.11 Å². The number of hydrogen-bond acceptors (Lipinski definition) is 5. The van der Waals surface area contributed by atoms with Crippen molar-refractivity contribution in [1.29, 1.82) is 0 Å². The number of aromatic nitrogens is 2. The van der Waals surface area contributed by atoms with Gasteiger partial charge in [0.15, 0.2) is 5.82 Å². The normalized spacial score (nSPS) is 25.9. The molecule has 1 fully saturated rings. The molecular weight excluding hydrogens is 208 g/mol. The van der Waals surface area contributed by atoms with Crippen molar-refractivity contribution in [2.45, 2.75) is 51.2 Å². The fourth-order valence-electron chi connectivity index (χ4n) is 2.07. The molecule has 1 aromatic rings. The first kappa shape index (κ1) is 11.5. The molecule has 0 amide bonds. The SMILES string of the molecule is CCOCc1noc(C2CCCCC2O)n1. The van der Waals surface area contributed by atoms with Crippen LogP contribution in [0.3, 0.4) is 0 Å². The molecule has 0 radical (unpaired) electrons. The van der Waals surface area contributed by atoms with Crippen LogP contribution in [0.25, 0.3) is 0 Å². The smallest absolute Gasteiger partial charge is 0.232 e. The van der Waals surface area contributed by atoms with E-state index in [1.807, 2.05) is 6.92 Å². The third kappa shape index (κ3) is 2.59. The van der Waals surface area contributed by atoms with E-state index in [-0.39, 0.29) is 12.0 Å². The Bertz CT molecular complexity index is 327. The van der Waals surface area contributed by atoms with Gasteiger partial charge in [0.2, 0.25) is 5.89 Å². The second kappa shape index (κ2) is 5.41. The first-order valence-electron chi connectivity index (χ1n) is 5.89. The summed E-state index contributed by atoms with van der Waals surface area (Å²) in [7, 11) is 0. The molecule has 1 N–H and O–H groups in total. The molecule has 5 heteroatoms. The summed E-state index contributed by atoms with van der Waals surface area (Å²) in [6.07, 6.45) is 3.61. The van der Waals surface area contributed by atoms with Crippen molar-refractivity contribution in [3.8, 4) is 0 Å². The Morgan fingerprint density at radius 1 is 1.44 bits per heavy atom. The lowest BCUT2D eigenvalue weighted by molar-refractivity contribution is 0.0907. The van der Waals surface area contributed by atoms with Gasteiger partial charge in [-0.2, -0.15) is 4.98 Å². The van der Waals surface area contributed by atoms with Crippen LogP contribution >= 0.6 is 0 Å². The highest BCUT2D eigenvalue weighted by molar-refractivity contribution is 4.98. The molecule has 0 spiro atoms. The topological polar surface area (TPSA) is 68.4 Å². The Balaban J connectivity index is 1.99. The fourth-order valence-corrected chi connectivity index (χ4v) is 2.07. The number of hydrogen-bond donors (Lipinski definition) is 1. The van der Waals surface area contributed by atoms with Gasteiger partial charge in [0.1, 0.15) is 6.61 Å². The number of aliphatic hydroxyl groups is 1. The van der Waals surface area contributed by atoms with E-state index in [0.29, 0.717) is 24.9 Å². The molecule has 0 aromatic carbocycles. The molecule has 0 bridgehead atoms. The molecule has 16 heavy (non-hydrogen) atoms. The lowest BCUT2D eigenvalue weighted by Gasteiger charge is -2.24. The van der Waals surface area contributed by atoms with Crippen molar-refractivity contribution in [3.05, 3.63) is 11.7 Å². The predicted molar refractivity (Wildman–Crippen MR) is 56.8 cm³/mol. The minimum Gasteiger partial charge on any atom is -0.392 e. The van der Waals surface area contributed by atoms with Gasteiger partial charge in [0.25, 0.3) is 0 Å². The number of aliphatic hydroxyl groups excluding tert-OH is 1. The quantitative estimate of drug-likeness (QED) is 0.845. The zero-order valence-electron chi connectivity index (χ0n) is 9.56. The molecule has 0 aliphatic heterocycles. The van der Waals surface area contributed by atoms with Crippen LogP contribution in [0.1, 0.15) is 50.2 Å². The van der Waals surface area contributed by atoms with Crippen LogP contribution in [-0.2, 0) is 11.3 Å². The Labute approximate surface area is 94.8 Å². The van der Waals surface area contributed by atoms with E-state index in [2.05, 4.69) is 10.1 Å². The third-order valence-electron chi connectivity index (χ3n) is 2.97. The van der Waals surface area contributed by atoms with Crippen molar-refractivity contribution in [1.82, 2.24) is 10.1 Å². The summed E-state index contributed by atoms with van der Waals surface area (Å²) in [4.78, 5) is 4.26. The number of rotatable bonds is 4. The van der Waals surface area contributed by atoms with Gasteiger partial charge in [-0.15, -0.1) is 0 Å². The monoisotopic (exact) mass is 226 g/mol. The standard InChI is InChI=1S/C11H18N2O3/c1-2-15-7-10-12-11(16-13-10)8-5-3-4-6-9(8)14/h8-9,14H,2-7H2,1H3. The first-order chi connectivity index (χ1) is 7.81. The number of ether oxygens (including phenoxy) is 1. The molecule has 0 saturated heterocycles. The largest absolute Gasteiger partial charge is 0.392 e. The molecule has 1 aromatic heterocycles. The average molecular weight is 226 g/mol. The molecule has 5 nitrogen and oxygen atoms in total. The van der Waals surface area contributed by atoms with Gasteiger partial charge in [-0.25, -0.2) is 0 Å². The molecule has 2 atom stereocenters. The Morgan fingerprint density at radius 2 is 2.25 bits per heavy atom. The summed E-state index contributed by atoms with van der Waals surface area (Å²) in [5, 5.41) is 13.7. The Morgan fingerprint density at radius 3 is 3.00 bits per heavy atom. The van der Waals surface area contributed by atoms with Gasteiger partial charge < -0.3 is 14.4 Å². The highest BCUT2D eigenvalue weighted by Crippen LogP contribution is 2.31. The van der Waals surface area contributed by atoms with E-state index in [0.717, 1.165) is 25.7 Å². The predicted octanol–water partition coefficient (Wildman–Crippen LogP) is 1.62. The summed E-state index contributed by atoms with van der Waals surface area (Å²) in [6, 6.07) is 0. The molecule has 2 unspecified atom stereocenters. The van der Waals surface area contributed by atoms with Crippen LogP contribution in [0.4, 0.5) is 0 Å². The van der Waals surface area contributed by atoms with E-state index >= 15 is 0 Å². The third-order valence-corrected chi connectivity index (χ3v) is 2.97. The summed E-state index contributed by atoms with van der Waals surface area (Å²) in [5.41, 5.74) is 0. The summed E-state index contributed by atoms with van der Waals surface area (Å²) in [5.74, 6) is 1.13. The van der Waals surface area contributed by atoms with Gasteiger partial charge in [0, 0.05) is 6.61 Å². The van der Waals surface area contributed by atoms with Crippen LogP contribution in [0, 0.1) is 0 Å². The molecule has 1 aliphatic rings. The molecule has 1 aliphatic carbocycles. The second-order valence-corrected chi connectivity index (χ2v) is 4.14. The number of nitrogens with zero attached hydrogens (tertiary/aromatic N) is 2. The van der Waals surface area contributed by atoms with Crippen LogP contribution in [-0.4, -0.2) is 28.0 Å². The van der Waals surface area contributed by atoms with Gasteiger partial charge in [0.05, 0.1) is 12.0 Å². The molecule has 1 saturated carbocycles. The second-order valence-electron chi connectivity index (χ2n) is 4.14. The molecule has 1 heterocycles. The zero-order chi connectivity index (χ0) is 11.4. The fraction of sp³-hybridized carbons (Fsp3) is 0.818. The van der Waals surface area contributed by atoms with Crippen molar-refractivity contribution < 1.29 is 14.4 Å². The minimum atomic E-state index is -0.339. The van der Waals surface area contributed by atoms with Gasteiger partial charge in [-0.1, -0.05) is 18.0 Å². The highest BCUT2D eigenvalue weighted by atomic mass is 16.5. The van der Waals surface area contributed by atoms with E-state index in [1.165, 1.54) is 0 Å². The van der Waals surface area contributed by atoms with Crippen molar-refractivity contribution in [3.63, 3.8) is 0 Å². The van der Waals surface area contributed by atoms with Crippen LogP contribution in [0.15, 0.2) is 4.52 Å². The van der Waals surface area contributed by atoms with E-state index < -0.39 is 0 Å². The maximum atomic E-state index is 9.85.